The molecule has 0 aromatic heterocycles. The summed E-state index contributed by atoms with van der Waals surface area (Å²) in [5.74, 6) is -0.547. The number of halogens is 1. The monoisotopic (exact) mass is 309 g/mol. The molecule has 1 saturated heterocycles. The SMILES string of the molecule is COc1cc(OC)c(N2C(=O)C3CN=NC3C2=O)cc1Cl. The summed E-state index contributed by atoms with van der Waals surface area (Å²) in [5, 5.41) is 7.88. The van der Waals surface area contributed by atoms with Gasteiger partial charge in [-0.2, -0.15) is 10.2 Å². The first-order valence-electron chi connectivity index (χ1n) is 6.24. The molecule has 2 amide bonds. The quantitative estimate of drug-likeness (QED) is 0.796. The van der Waals surface area contributed by atoms with Gasteiger partial charge < -0.3 is 9.47 Å². The number of azo groups is 1. The van der Waals surface area contributed by atoms with E-state index in [1.165, 1.54) is 26.4 Å². The molecule has 8 heteroatoms. The lowest BCUT2D eigenvalue weighted by Gasteiger charge is -2.19. The Bertz CT molecular complexity index is 661. The molecule has 21 heavy (non-hydrogen) atoms. The maximum absolute atomic E-state index is 12.4. The van der Waals surface area contributed by atoms with Crippen LogP contribution in [0.4, 0.5) is 5.69 Å². The van der Waals surface area contributed by atoms with Crippen molar-refractivity contribution >= 4 is 29.1 Å². The molecule has 1 fully saturated rings. The number of nitrogens with zero attached hydrogens (tertiary/aromatic N) is 3. The molecule has 0 bridgehead atoms. The van der Waals surface area contributed by atoms with Gasteiger partial charge in [0.2, 0.25) is 5.91 Å². The number of fused-ring (bicyclic) bond motifs is 1. The van der Waals surface area contributed by atoms with Crippen LogP contribution in [0.3, 0.4) is 0 Å². The molecule has 0 radical (unpaired) electrons. The van der Waals surface area contributed by atoms with Crippen molar-refractivity contribution in [3.05, 3.63) is 17.2 Å². The number of methoxy groups -OCH3 is 2. The van der Waals surface area contributed by atoms with Crippen LogP contribution in [0.1, 0.15) is 0 Å². The van der Waals surface area contributed by atoms with Crippen molar-refractivity contribution in [2.24, 2.45) is 16.1 Å². The number of carbonyl (C=O) groups is 2. The molecule has 2 aliphatic rings. The first kappa shape index (κ1) is 13.8. The van der Waals surface area contributed by atoms with E-state index in [1.54, 1.807) is 0 Å². The average molecular weight is 310 g/mol. The second-order valence-corrected chi connectivity index (χ2v) is 5.07. The van der Waals surface area contributed by atoms with Crippen LogP contribution in [0.25, 0.3) is 0 Å². The summed E-state index contributed by atoms with van der Waals surface area (Å²) in [5.41, 5.74) is 0.294. The number of benzene rings is 1. The average Bonchev–Trinajstić information content (AvgIpc) is 3.04. The van der Waals surface area contributed by atoms with Crippen LogP contribution in [0.2, 0.25) is 5.02 Å². The van der Waals surface area contributed by atoms with E-state index in [2.05, 4.69) is 10.2 Å². The highest BCUT2D eigenvalue weighted by atomic mass is 35.5. The molecule has 0 N–H and O–H groups in total. The van der Waals surface area contributed by atoms with Gasteiger partial charge >= 0.3 is 0 Å². The Hall–Kier alpha value is -2.15. The number of anilines is 1. The molecule has 2 unspecified atom stereocenters. The van der Waals surface area contributed by atoms with E-state index < -0.39 is 17.9 Å². The van der Waals surface area contributed by atoms with Crippen molar-refractivity contribution in [3.63, 3.8) is 0 Å². The fourth-order valence-electron chi connectivity index (χ4n) is 2.50. The van der Waals surface area contributed by atoms with Gasteiger partial charge in [-0.3, -0.25) is 9.59 Å². The van der Waals surface area contributed by atoms with E-state index in [0.29, 0.717) is 17.2 Å². The Morgan fingerprint density at radius 2 is 1.90 bits per heavy atom. The minimum absolute atomic E-state index is 0.234. The highest BCUT2D eigenvalue weighted by Gasteiger charge is 2.51. The summed E-state index contributed by atoms with van der Waals surface area (Å²) in [6.07, 6.45) is 0. The Morgan fingerprint density at radius 1 is 1.19 bits per heavy atom. The van der Waals surface area contributed by atoms with Gasteiger partial charge in [-0.1, -0.05) is 11.6 Å². The summed E-state index contributed by atoms with van der Waals surface area (Å²) < 4.78 is 10.3. The largest absolute Gasteiger partial charge is 0.495 e. The third-order valence-corrected chi connectivity index (χ3v) is 3.87. The van der Waals surface area contributed by atoms with Crippen molar-refractivity contribution in [3.8, 4) is 11.5 Å². The van der Waals surface area contributed by atoms with Gasteiger partial charge in [-0.25, -0.2) is 4.90 Å². The normalized spacial score (nSPS) is 23.7. The molecule has 2 aliphatic heterocycles. The van der Waals surface area contributed by atoms with Gasteiger partial charge in [-0.05, 0) is 6.07 Å². The van der Waals surface area contributed by atoms with E-state index >= 15 is 0 Å². The summed E-state index contributed by atoms with van der Waals surface area (Å²) in [6, 6.07) is 2.28. The molecular weight excluding hydrogens is 298 g/mol. The van der Waals surface area contributed by atoms with E-state index in [4.69, 9.17) is 21.1 Å². The summed E-state index contributed by atoms with van der Waals surface area (Å²) in [4.78, 5) is 25.8. The van der Waals surface area contributed by atoms with Crippen LogP contribution in [-0.2, 0) is 9.59 Å². The predicted molar refractivity (Wildman–Crippen MR) is 74.1 cm³/mol. The van der Waals surface area contributed by atoms with Crippen LogP contribution in [0.15, 0.2) is 22.4 Å². The van der Waals surface area contributed by atoms with Crippen LogP contribution >= 0.6 is 11.6 Å². The van der Waals surface area contributed by atoms with E-state index in [9.17, 15) is 9.59 Å². The molecule has 3 rings (SSSR count). The topological polar surface area (TPSA) is 80.6 Å². The lowest BCUT2D eigenvalue weighted by atomic mass is 10.1. The van der Waals surface area contributed by atoms with Crippen LogP contribution in [-0.4, -0.2) is 38.6 Å². The van der Waals surface area contributed by atoms with Crippen LogP contribution in [0.5, 0.6) is 11.5 Å². The van der Waals surface area contributed by atoms with E-state index in [0.717, 1.165) is 4.90 Å². The molecule has 0 saturated carbocycles. The van der Waals surface area contributed by atoms with Crippen LogP contribution in [0, 0.1) is 5.92 Å². The molecular formula is C13H12ClN3O4. The van der Waals surface area contributed by atoms with Crippen molar-refractivity contribution in [1.29, 1.82) is 0 Å². The molecule has 1 aromatic carbocycles. The lowest BCUT2D eigenvalue weighted by molar-refractivity contribution is -0.122. The van der Waals surface area contributed by atoms with Crippen molar-refractivity contribution in [2.45, 2.75) is 6.04 Å². The third kappa shape index (κ3) is 1.96. The van der Waals surface area contributed by atoms with Gasteiger partial charge in [0.15, 0.2) is 6.04 Å². The highest BCUT2D eigenvalue weighted by Crippen LogP contribution is 2.41. The first-order valence-corrected chi connectivity index (χ1v) is 6.62. The maximum atomic E-state index is 12.4. The number of imide groups is 1. The maximum Gasteiger partial charge on any atom is 0.261 e. The highest BCUT2D eigenvalue weighted by molar-refractivity contribution is 6.33. The number of hydrogen-bond donors (Lipinski definition) is 0. The van der Waals surface area contributed by atoms with Gasteiger partial charge in [0.1, 0.15) is 11.5 Å². The number of carbonyl (C=O) groups excluding carboxylic acids is 2. The van der Waals surface area contributed by atoms with Crippen molar-refractivity contribution < 1.29 is 19.1 Å². The number of ether oxygens (including phenoxy) is 2. The van der Waals surface area contributed by atoms with Crippen LogP contribution < -0.4 is 14.4 Å². The Balaban J connectivity index is 2.08. The molecule has 0 aliphatic carbocycles. The Kier molecular flexibility index (Phi) is 3.29. The van der Waals surface area contributed by atoms with Crippen molar-refractivity contribution in [2.75, 3.05) is 25.7 Å². The number of rotatable bonds is 3. The fourth-order valence-corrected chi connectivity index (χ4v) is 2.74. The van der Waals surface area contributed by atoms with Crippen molar-refractivity contribution in [1.82, 2.24) is 0 Å². The fraction of sp³-hybridized carbons (Fsp3) is 0.385. The zero-order chi connectivity index (χ0) is 15.1. The first-order chi connectivity index (χ1) is 10.1. The zero-order valence-electron chi connectivity index (χ0n) is 11.4. The Labute approximate surface area is 125 Å². The smallest absolute Gasteiger partial charge is 0.261 e. The Morgan fingerprint density at radius 3 is 2.52 bits per heavy atom. The summed E-state index contributed by atoms with van der Waals surface area (Å²) in [7, 11) is 2.91. The van der Waals surface area contributed by atoms with Gasteiger partial charge in [0, 0.05) is 6.07 Å². The second kappa shape index (κ2) is 5.00. The molecule has 2 atom stereocenters. The standard InChI is InChI=1S/C13H12ClN3O4/c1-20-9-4-10(21-2)8(3-7(9)14)17-12(18)6-5-15-16-11(6)13(17)19/h3-4,6,11H,5H2,1-2H3. The van der Waals surface area contributed by atoms with Gasteiger partial charge in [0.05, 0.1) is 37.4 Å². The lowest BCUT2D eigenvalue weighted by Crippen LogP contribution is -2.32. The molecule has 1 aromatic rings. The molecule has 110 valence electrons. The zero-order valence-corrected chi connectivity index (χ0v) is 12.1. The minimum Gasteiger partial charge on any atom is -0.495 e. The summed E-state index contributed by atoms with van der Waals surface area (Å²) >= 11 is 6.08. The molecule has 2 heterocycles. The number of hydrogen-bond acceptors (Lipinski definition) is 6. The molecule has 7 nitrogen and oxygen atoms in total. The van der Waals surface area contributed by atoms with E-state index in [1.807, 2.05) is 0 Å². The van der Waals surface area contributed by atoms with E-state index in [-0.39, 0.29) is 17.5 Å². The minimum atomic E-state index is -0.733. The molecule has 0 spiro atoms. The number of amides is 2. The van der Waals surface area contributed by atoms with Gasteiger partial charge in [-0.15, -0.1) is 0 Å². The van der Waals surface area contributed by atoms with Gasteiger partial charge in [0.25, 0.3) is 5.91 Å². The summed E-state index contributed by atoms with van der Waals surface area (Å²) in [6.45, 7) is 0.234. The second-order valence-electron chi connectivity index (χ2n) is 4.66. The predicted octanol–water partition coefficient (Wildman–Crippen LogP) is 1.68. The third-order valence-electron chi connectivity index (χ3n) is 3.57.